The first-order chi connectivity index (χ1) is 14.9. The van der Waals surface area contributed by atoms with E-state index in [-0.39, 0.29) is 34.7 Å². The molecule has 1 unspecified atom stereocenters. The highest BCUT2D eigenvalue weighted by molar-refractivity contribution is 7.91. The Morgan fingerprint density at radius 1 is 1.10 bits per heavy atom. The van der Waals surface area contributed by atoms with Gasteiger partial charge in [-0.15, -0.1) is 10.2 Å². The van der Waals surface area contributed by atoms with Crippen LogP contribution in [0.1, 0.15) is 31.1 Å². The zero-order chi connectivity index (χ0) is 21.8. The van der Waals surface area contributed by atoms with Gasteiger partial charge in [0.2, 0.25) is 17.7 Å². The van der Waals surface area contributed by atoms with Crippen LogP contribution < -0.4 is 0 Å². The Kier molecular flexibility index (Phi) is 6.13. The van der Waals surface area contributed by atoms with Gasteiger partial charge in [0.15, 0.2) is 9.84 Å². The molecule has 0 bridgehead atoms. The first-order valence-electron chi connectivity index (χ1n) is 10.1. The van der Waals surface area contributed by atoms with Crippen LogP contribution in [0.15, 0.2) is 63.9 Å². The third-order valence-corrected chi connectivity index (χ3v) is 7.07. The highest BCUT2D eigenvalue weighted by atomic mass is 32.2. The van der Waals surface area contributed by atoms with Gasteiger partial charge in [0, 0.05) is 25.1 Å². The molecule has 31 heavy (non-hydrogen) atoms. The maximum Gasteiger partial charge on any atom is 0.247 e. The van der Waals surface area contributed by atoms with Crippen LogP contribution in [0.4, 0.5) is 4.39 Å². The van der Waals surface area contributed by atoms with Gasteiger partial charge in [-0.05, 0) is 49.2 Å². The molecule has 1 aliphatic rings. The maximum absolute atomic E-state index is 13.1. The van der Waals surface area contributed by atoms with Crippen molar-refractivity contribution in [3.8, 4) is 11.5 Å². The van der Waals surface area contributed by atoms with Crippen LogP contribution in [0.3, 0.4) is 0 Å². The first-order valence-corrected chi connectivity index (χ1v) is 11.7. The molecule has 1 saturated heterocycles. The van der Waals surface area contributed by atoms with Crippen LogP contribution in [0, 0.1) is 5.82 Å². The van der Waals surface area contributed by atoms with Crippen molar-refractivity contribution in [2.24, 2.45) is 0 Å². The second-order valence-electron chi connectivity index (χ2n) is 7.51. The molecule has 9 heteroatoms. The molecule has 2 heterocycles. The molecular weight excluding hydrogens is 421 g/mol. The van der Waals surface area contributed by atoms with Gasteiger partial charge in [-0.1, -0.05) is 18.2 Å². The lowest BCUT2D eigenvalue weighted by molar-refractivity contribution is -0.132. The summed E-state index contributed by atoms with van der Waals surface area (Å²) in [6, 6.07) is 13.9. The number of aromatic nitrogens is 2. The molecule has 0 spiro atoms. The van der Waals surface area contributed by atoms with Crippen molar-refractivity contribution in [2.75, 3.05) is 18.8 Å². The van der Waals surface area contributed by atoms with Gasteiger partial charge in [-0.25, -0.2) is 12.8 Å². The fourth-order valence-corrected chi connectivity index (χ4v) is 4.89. The largest absolute Gasteiger partial charge is 0.420 e. The van der Waals surface area contributed by atoms with Gasteiger partial charge in [0.05, 0.1) is 16.6 Å². The standard InChI is InChI=1S/C22H22FN3O4S/c23-18-10-8-16(9-11-18)21-24-25-22(30-21)17-5-4-13-26(15-17)20(27)12-14-31(28,29)19-6-2-1-3-7-19/h1-3,6-11,17H,4-5,12-15H2. The molecule has 1 aromatic heterocycles. The molecule has 7 nitrogen and oxygen atoms in total. The summed E-state index contributed by atoms with van der Waals surface area (Å²) in [6.07, 6.45) is 1.47. The minimum atomic E-state index is -3.51. The summed E-state index contributed by atoms with van der Waals surface area (Å²) in [5.41, 5.74) is 0.620. The molecule has 0 radical (unpaired) electrons. The predicted octanol–water partition coefficient (Wildman–Crippen LogP) is 3.45. The van der Waals surface area contributed by atoms with Crippen molar-refractivity contribution < 1.29 is 22.0 Å². The quantitative estimate of drug-likeness (QED) is 0.579. The lowest BCUT2D eigenvalue weighted by Gasteiger charge is -2.31. The van der Waals surface area contributed by atoms with Crippen LogP contribution in [0.25, 0.3) is 11.5 Å². The Morgan fingerprint density at radius 2 is 1.84 bits per heavy atom. The van der Waals surface area contributed by atoms with Gasteiger partial charge in [0.25, 0.3) is 0 Å². The van der Waals surface area contributed by atoms with E-state index in [4.69, 9.17) is 4.42 Å². The summed E-state index contributed by atoms with van der Waals surface area (Å²) in [6.45, 7) is 0.967. The average molecular weight is 444 g/mol. The Bertz CT molecular complexity index is 1150. The number of hydrogen-bond acceptors (Lipinski definition) is 6. The van der Waals surface area contributed by atoms with Crippen LogP contribution in [-0.2, 0) is 14.6 Å². The number of hydrogen-bond donors (Lipinski definition) is 0. The monoisotopic (exact) mass is 443 g/mol. The summed E-state index contributed by atoms with van der Waals surface area (Å²) in [5.74, 6) is -0.181. The van der Waals surface area contributed by atoms with Crippen molar-refractivity contribution in [1.82, 2.24) is 15.1 Å². The molecule has 0 saturated carbocycles. The number of benzene rings is 2. The van der Waals surface area contributed by atoms with E-state index < -0.39 is 9.84 Å². The second kappa shape index (κ2) is 8.97. The SMILES string of the molecule is O=C(CCS(=O)(=O)c1ccccc1)N1CCCC(c2nnc(-c3ccc(F)cc3)o2)C1. The number of carbonyl (C=O) groups is 1. The molecule has 162 valence electrons. The topological polar surface area (TPSA) is 93.4 Å². The van der Waals surface area contributed by atoms with Crippen molar-refractivity contribution in [3.63, 3.8) is 0 Å². The zero-order valence-electron chi connectivity index (χ0n) is 16.8. The van der Waals surface area contributed by atoms with Crippen molar-refractivity contribution >= 4 is 15.7 Å². The van der Waals surface area contributed by atoms with E-state index in [9.17, 15) is 17.6 Å². The van der Waals surface area contributed by atoms with E-state index in [2.05, 4.69) is 10.2 Å². The van der Waals surface area contributed by atoms with Crippen LogP contribution in [-0.4, -0.2) is 48.3 Å². The molecule has 1 atom stereocenters. The maximum atomic E-state index is 13.1. The first kappa shape index (κ1) is 21.2. The van der Waals surface area contributed by atoms with E-state index in [1.165, 1.54) is 24.3 Å². The van der Waals surface area contributed by atoms with Gasteiger partial charge in [-0.2, -0.15) is 0 Å². The van der Waals surface area contributed by atoms with Gasteiger partial charge >= 0.3 is 0 Å². The summed E-state index contributed by atoms with van der Waals surface area (Å²) in [5, 5.41) is 8.15. The Labute approximate surface area is 179 Å². The molecule has 3 aromatic rings. The Morgan fingerprint density at radius 3 is 2.58 bits per heavy atom. The van der Waals surface area contributed by atoms with Gasteiger partial charge < -0.3 is 9.32 Å². The number of rotatable bonds is 6. The average Bonchev–Trinajstić information content (AvgIpc) is 3.29. The smallest absolute Gasteiger partial charge is 0.247 e. The van der Waals surface area contributed by atoms with Crippen LogP contribution in [0.5, 0.6) is 0 Å². The number of sulfone groups is 1. The number of amides is 1. The van der Waals surface area contributed by atoms with Crippen molar-refractivity contribution in [2.45, 2.75) is 30.1 Å². The Balaban J connectivity index is 1.38. The number of halogens is 1. The normalized spacial score (nSPS) is 16.9. The molecule has 1 aliphatic heterocycles. The van der Waals surface area contributed by atoms with E-state index in [1.54, 1.807) is 35.2 Å². The fourth-order valence-electron chi connectivity index (χ4n) is 3.64. The Hall–Kier alpha value is -3.07. The van der Waals surface area contributed by atoms with E-state index in [0.29, 0.717) is 30.4 Å². The van der Waals surface area contributed by atoms with Crippen LogP contribution in [0.2, 0.25) is 0 Å². The molecule has 2 aromatic carbocycles. The van der Waals surface area contributed by atoms with E-state index >= 15 is 0 Å². The van der Waals surface area contributed by atoms with Crippen molar-refractivity contribution in [3.05, 3.63) is 66.3 Å². The minimum Gasteiger partial charge on any atom is -0.420 e. The number of likely N-dealkylation sites (tertiary alicyclic amines) is 1. The van der Waals surface area contributed by atoms with Gasteiger partial charge in [0.1, 0.15) is 5.82 Å². The number of nitrogens with zero attached hydrogens (tertiary/aromatic N) is 3. The lowest BCUT2D eigenvalue weighted by Crippen LogP contribution is -2.39. The number of piperidine rings is 1. The molecule has 0 aliphatic carbocycles. The van der Waals surface area contributed by atoms with Crippen molar-refractivity contribution in [1.29, 1.82) is 0 Å². The summed E-state index contributed by atoms with van der Waals surface area (Å²) in [7, 11) is -3.51. The molecule has 1 amide bonds. The summed E-state index contributed by atoms with van der Waals surface area (Å²) < 4.78 is 43.8. The fraction of sp³-hybridized carbons (Fsp3) is 0.318. The lowest BCUT2D eigenvalue weighted by atomic mass is 9.98. The number of carbonyl (C=O) groups excluding carboxylic acids is 1. The van der Waals surface area contributed by atoms with Gasteiger partial charge in [-0.3, -0.25) is 4.79 Å². The highest BCUT2D eigenvalue weighted by Gasteiger charge is 2.29. The minimum absolute atomic E-state index is 0.0748. The molecule has 0 N–H and O–H groups in total. The predicted molar refractivity (Wildman–Crippen MR) is 111 cm³/mol. The third kappa shape index (κ3) is 4.99. The van der Waals surface area contributed by atoms with E-state index in [0.717, 1.165) is 12.8 Å². The third-order valence-electron chi connectivity index (χ3n) is 5.34. The van der Waals surface area contributed by atoms with E-state index in [1.807, 2.05) is 0 Å². The molecule has 4 rings (SSSR count). The molecule has 1 fully saturated rings. The highest BCUT2D eigenvalue weighted by Crippen LogP contribution is 2.29. The zero-order valence-corrected chi connectivity index (χ0v) is 17.6. The van der Waals surface area contributed by atoms with Crippen LogP contribution >= 0.6 is 0 Å². The summed E-state index contributed by atoms with van der Waals surface area (Å²) in [4.78, 5) is 14.6. The molecular formula is C22H22FN3O4S. The summed E-state index contributed by atoms with van der Waals surface area (Å²) >= 11 is 0. The second-order valence-corrected chi connectivity index (χ2v) is 9.62.